The summed E-state index contributed by atoms with van der Waals surface area (Å²) < 4.78 is 43.6. The van der Waals surface area contributed by atoms with E-state index < -0.39 is 15.4 Å². The lowest BCUT2D eigenvalue weighted by Gasteiger charge is -2.48. The number of sulfonamides is 1. The zero-order chi connectivity index (χ0) is 21.7. The zero-order valence-corrected chi connectivity index (χ0v) is 18.1. The fourth-order valence-corrected chi connectivity index (χ4v) is 5.92. The molecule has 2 fully saturated rings. The van der Waals surface area contributed by atoms with E-state index in [0.29, 0.717) is 36.3 Å². The third-order valence-electron chi connectivity index (χ3n) is 5.91. The normalized spacial score (nSPS) is 20.9. The number of ether oxygens (including phenoxy) is 2. The standard InChI is InChI=1S/C19H24N4O6S/c1-12-20-18(29-21-12)15-8-22(13(2)24)9-19(15)10-23(11-19)30(25,26)14-5-6-16(27-3)17(7-14)28-4/h5-7,15H,8-11H2,1-4H3. The molecule has 1 unspecified atom stereocenters. The summed E-state index contributed by atoms with van der Waals surface area (Å²) in [6.07, 6.45) is 0. The number of nitrogens with zero attached hydrogens (tertiary/aromatic N) is 4. The van der Waals surface area contributed by atoms with Crippen molar-refractivity contribution in [3.8, 4) is 11.5 Å². The third-order valence-corrected chi connectivity index (χ3v) is 7.70. The number of likely N-dealkylation sites (tertiary alicyclic amines) is 1. The Morgan fingerprint density at radius 3 is 2.47 bits per heavy atom. The molecule has 0 saturated carbocycles. The number of aromatic nitrogens is 2. The van der Waals surface area contributed by atoms with Crippen molar-refractivity contribution in [2.45, 2.75) is 24.7 Å². The van der Waals surface area contributed by atoms with Gasteiger partial charge in [-0.25, -0.2) is 8.42 Å². The van der Waals surface area contributed by atoms with Gasteiger partial charge in [-0.2, -0.15) is 9.29 Å². The molecule has 11 heteroatoms. The molecule has 1 aromatic heterocycles. The summed E-state index contributed by atoms with van der Waals surface area (Å²) in [4.78, 5) is 18.2. The molecule has 0 aliphatic carbocycles. The molecule has 1 amide bonds. The smallest absolute Gasteiger partial charge is 0.243 e. The zero-order valence-electron chi connectivity index (χ0n) is 17.3. The maximum Gasteiger partial charge on any atom is 0.243 e. The SMILES string of the molecule is COc1ccc(S(=O)(=O)N2CC3(CN(C(C)=O)CC3c3nc(C)no3)C2)cc1OC. The number of aryl methyl sites for hydroxylation is 1. The minimum atomic E-state index is -3.73. The van der Waals surface area contributed by atoms with Crippen molar-refractivity contribution in [2.24, 2.45) is 5.41 Å². The molecule has 0 bridgehead atoms. The van der Waals surface area contributed by atoms with E-state index in [4.69, 9.17) is 14.0 Å². The number of hydrogen-bond donors (Lipinski definition) is 0. The van der Waals surface area contributed by atoms with Crippen LogP contribution in [0.3, 0.4) is 0 Å². The second-order valence-electron chi connectivity index (χ2n) is 7.78. The Bertz CT molecular complexity index is 1080. The van der Waals surface area contributed by atoms with Gasteiger partial charge in [0, 0.05) is 44.6 Å². The van der Waals surface area contributed by atoms with Crippen molar-refractivity contribution in [3.05, 3.63) is 29.9 Å². The van der Waals surface area contributed by atoms with Crippen molar-refractivity contribution in [2.75, 3.05) is 40.4 Å². The number of carbonyl (C=O) groups excluding carboxylic acids is 1. The molecule has 2 aliphatic heterocycles. The highest BCUT2D eigenvalue weighted by molar-refractivity contribution is 7.89. The molecule has 2 aromatic rings. The van der Waals surface area contributed by atoms with Crippen LogP contribution in [0.5, 0.6) is 11.5 Å². The second-order valence-corrected chi connectivity index (χ2v) is 9.72. The first-order chi connectivity index (χ1) is 14.2. The van der Waals surface area contributed by atoms with Gasteiger partial charge in [-0.1, -0.05) is 5.16 Å². The van der Waals surface area contributed by atoms with Gasteiger partial charge >= 0.3 is 0 Å². The van der Waals surface area contributed by atoms with Crippen LogP contribution < -0.4 is 9.47 Å². The third kappa shape index (κ3) is 3.21. The maximum absolute atomic E-state index is 13.2. The Hall–Kier alpha value is -2.66. The Kier molecular flexibility index (Phi) is 4.97. The number of carbonyl (C=O) groups is 1. The molecule has 0 radical (unpaired) electrons. The second kappa shape index (κ2) is 7.24. The van der Waals surface area contributed by atoms with Crippen LogP contribution in [0, 0.1) is 12.3 Å². The summed E-state index contributed by atoms with van der Waals surface area (Å²) in [5, 5.41) is 3.86. The van der Waals surface area contributed by atoms with Crippen molar-refractivity contribution in [1.29, 1.82) is 0 Å². The monoisotopic (exact) mass is 436 g/mol. The lowest BCUT2D eigenvalue weighted by molar-refractivity contribution is -0.128. The molecule has 0 N–H and O–H groups in total. The summed E-state index contributed by atoms with van der Waals surface area (Å²) in [6, 6.07) is 4.52. The highest BCUT2D eigenvalue weighted by Crippen LogP contribution is 2.50. The summed E-state index contributed by atoms with van der Waals surface area (Å²) >= 11 is 0. The Morgan fingerprint density at radius 1 is 1.20 bits per heavy atom. The van der Waals surface area contributed by atoms with E-state index in [-0.39, 0.29) is 29.8 Å². The first kappa shape index (κ1) is 20.6. The van der Waals surface area contributed by atoms with Crippen LogP contribution in [0.25, 0.3) is 0 Å². The van der Waals surface area contributed by atoms with Gasteiger partial charge in [0.25, 0.3) is 0 Å². The average Bonchev–Trinajstić information content (AvgIpc) is 3.30. The van der Waals surface area contributed by atoms with Crippen molar-refractivity contribution in [1.82, 2.24) is 19.3 Å². The van der Waals surface area contributed by atoms with E-state index in [1.54, 1.807) is 17.9 Å². The van der Waals surface area contributed by atoms with Gasteiger partial charge in [0.05, 0.1) is 25.0 Å². The quantitative estimate of drug-likeness (QED) is 0.683. The average molecular weight is 436 g/mol. The highest BCUT2D eigenvalue weighted by Gasteiger charge is 2.59. The summed E-state index contributed by atoms with van der Waals surface area (Å²) in [5.74, 6) is 1.48. The predicted molar refractivity (Wildman–Crippen MR) is 105 cm³/mol. The van der Waals surface area contributed by atoms with Gasteiger partial charge < -0.3 is 18.9 Å². The number of hydrogen-bond acceptors (Lipinski definition) is 8. The van der Waals surface area contributed by atoms with Crippen LogP contribution in [0.1, 0.15) is 24.6 Å². The summed E-state index contributed by atoms with van der Waals surface area (Å²) in [5.41, 5.74) is -0.450. The van der Waals surface area contributed by atoms with Gasteiger partial charge in [0.1, 0.15) is 0 Å². The maximum atomic E-state index is 13.2. The largest absolute Gasteiger partial charge is 0.493 e. The van der Waals surface area contributed by atoms with Gasteiger partial charge in [0.15, 0.2) is 17.3 Å². The molecule has 2 aliphatic rings. The van der Waals surface area contributed by atoms with E-state index in [9.17, 15) is 13.2 Å². The molecule has 2 saturated heterocycles. The number of methoxy groups -OCH3 is 2. The van der Waals surface area contributed by atoms with E-state index in [0.717, 1.165) is 0 Å². The minimum Gasteiger partial charge on any atom is -0.493 e. The van der Waals surface area contributed by atoms with Crippen LogP contribution in [-0.4, -0.2) is 74.1 Å². The van der Waals surface area contributed by atoms with Crippen LogP contribution >= 0.6 is 0 Å². The Labute approximate surface area is 174 Å². The summed E-state index contributed by atoms with van der Waals surface area (Å²) in [7, 11) is -0.785. The molecule has 10 nitrogen and oxygen atoms in total. The van der Waals surface area contributed by atoms with E-state index in [1.165, 1.54) is 37.6 Å². The Morgan fingerprint density at radius 2 is 1.90 bits per heavy atom. The van der Waals surface area contributed by atoms with Crippen LogP contribution in [0.2, 0.25) is 0 Å². The predicted octanol–water partition coefficient (Wildman–Crippen LogP) is 1.03. The fourth-order valence-electron chi connectivity index (χ4n) is 4.28. The lowest BCUT2D eigenvalue weighted by atomic mass is 9.73. The van der Waals surface area contributed by atoms with Crippen molar-refractivity contribution in [3.63, 3.8) is 0 Å². The molecular formula is C19H24N4O6S. The molecule has 1 atom stereocenters. The van der Waals surface area contributed by atoms with E-state index in [1.807, 2.05) is 0 Å². The van der Waals surface area contributed by atoms with E-state index in [2.05, 4.69) is 10.1 Å². The van der Waals surface area contributed by atoms with Gasteiger partial charge in [-0.15, -0.1) is 0 Å². The molecule has 1 aromatic carbocycles. The van der Waals surface area contributed by atoms with Gasteiger partial charge in [-0.3, -0.25) is 4.79 Å². The summed E-state index contributed by atoms with van der Waals surface area (Å²) in [6.45, 7) is 4.64. The van der Waals surface area contributed by atoms with Crippen LogP contribution in [0.4, 0.5) is 0 Å². The number of benzene rings is 1. The minimum absolute atomic E-state index is 0.0608. The fraction of sp³-hybridized carbons (Fsp3) is 0.526. The van der Waals surface area contributed by atoms with Crippen LogP contribution in [-0.2, 0) is 14.8 Å². The van der Waals surface area contributed by atoms with Crippen molar-refractivity contribution < 1.29 is 27.2 Å². The van der Waals surface area contributed by atoms with E-state index >= 15 is 0 Å². The Balaban J connectivity index is 1.60. The first-order valence-corrected chi connectivity index (χ1v) is 10.9. The van der Waals surface area contributed by atoms with Gasteiger partial charge in [-0.05, 0) is 19.1 Å². The molecule has 1 spiro atoms. The lowest BCUT2D eigenvalue weighted by Crippen LogP contribution is -2.61. The number of rotatable bonds is 5. The molecule has 30 heavy (non-hydrogen) atoms. The highest BCUT2D eigenvalue weighted by atomic mass is 32.2. The number of amides is 1. The molecular weight excluding hydrogens is 412 g/mol. The van der Waals surface area contributed by atoms with Crippen LogP contribution in [0.15, 0.2) is 27.6 Å². The molecule has 3 heterocycles. The molecule has 162 valence electrons. The molecule has 4 rings (SSSR count). The van der Waals surface area contributed by atoms with Crippen molar-refractivity contribution >= 4 is 15.9 Å². The van der Waals surface area contributed by atoms with Gasteiger partial charge in [0.2, 0.25) is 21.8 Å². The first-order valence-electron chi connectivity index (χ1n) is 9.48. The topological polar surface area (TPSA) is 115 Å².